The molecule has 1 aliphatic heterocycles. The van der Waals surface area contributed by atoms with Crippen molar-refractivity contribution in [2.75, 3.05) is 13.1 Å². The Morgan fingerprint density at radius 2 is 2.15 bits per heavy atom. The van der Waals surface area contributed by atoms with Crippen molar-refractivity contribution in [3.05, 3.63) is 35.8 Å². The number of hydrogen-bond donors (Lipinski definition) is 3. The molecule has 1 saturated heterocycles. The Labute approximate surface area is 156 Å². The number of nitrogens with one attached hydrogen (secondary N) is 1. The third kappa shape index (κ3) is 6.20. The lowest BCUT2D eigenvalue weighted by atomic mass is 9.94. The van der Waals surface area contributed by atoms with Crippen molar-refractivity contribution in [2.45, 2.75) is 77.0 Å². The van der Waals surface area contributed by atoms with Crippen LogP contribution < -0.4 is 11.1 Å². The topological polar surface area (TPSA) is 70.8 Å². The van der Waals surface area contributed by atoms with E-state index in [1.54, 1.807) is 0 Å². The molecule has 0 spiro atoms. The molecule has 6 heteroatoms. The van der Waals surface area contributed by atoms with E-state index in [9.17, 15) is 9.50 Å². The Morgan fingerprint density at radius 1 is 1.50 bits per heavy atom. The van der Waals surface area contributed by atoms with Crippen molar-refractivity contribution in [1.29, 1.82) is 0 Å². The van der Waals surface area contributed by atoms with Crippen LogP contribution in [-0.2, 0) is 4.74 Å². The lowest BCUT2D eigenvalue weighted by molar-refractivity contribution is -0.0599. The summed E-state index contributed by atoms with van der Waals surface area (Å²) in [7, 11) is 0. The maximum Gasteiger partial charge on any atom is 0.127 e. The van der Waals surface area contributed by atoms with Gasteiger partial charge in [-0.15, -0.1) is 0 Å². The van der Waals surface area contributed by atoms with Gasteiger partial charge in [0.2, 0.25) is 0 Å². The molecule has 148 valence electrons. The van der Waals surface area contributed by atoms with Crippen LogP contribution in [0.5, 0.6) is 0 Å². The van der Waals surface area contributed by atoms with Gasteiger partial charge in [-0.25, -0.2) is 4.39 Å². The summed E-state index contributed by atoms with van der Waals surface area (Å²) in [5.74, 6) is -0.231. The molecule has 0 amide bonds. The third-order valence-corrected chi connectivity index (χ3v) is 5.06. The Bertz CT molecular complexity index is 535. The molecule has 0 aromatic rings. The average Bonchev–Trinajstić information content (AvgIpc) is 2.57. The van der Waals surface area contributed by atoms with E-state index in [1.807, 2.05) is 19.9 Å². The predicted molar refractivity (Wildman–Crippen MR) is 103 cm³/mol. The number of nitrogens with two attached hydrogens (primary N) is 1. The molecule has 0 saturated carbocycles. The lowest BCUT2D eigenvalue weighted by Crippen LogP contribution is -2.50. The molecule has 0 radical (unpaired) electrons. The number of ether oxygens (including phenoxy) is 1. The average molecular weight is 368 g/mol. The summed E-state index contributed by atoms with van der Waals surface area (Å²) >= 11 is 0. The summed E-state index contributed by atoms with van der Waals surface area (Å²) in [4.78, 5) is 2.18. The number of hydrogen-bond acceptors (Lipinski definition) is 5. The lowest BCUT2D eigenvalue weighted by Gasteiger charge is -2.40. The van der Waals surface area contributed by atoms with E-state index in [2.05, 4.69) is 16.8 Å². The van der Waals surface area contributed by atoms with Crippen molar-refractivity contribution in [3.63, 3.8) is 0 Å². The van der Waals surface area contributed by atoms with Gasteiger partial charge in [-0.3, -0.25) is 5.32 Å². The molecule has 0 aromatic heterocycles. The van der Waals surface area contributed by atoms with E-state index in [1.165, 1.54) is 13.0 Å². The molecule has 1 heterocycles. The largest absolute Gasteiger partial charge is 0.375 e. The van der Waals surface area contributed by atoms with Gasteiger partial charge in [0.15, 0.2) is 0 Å². The van der Waals surface area contributed by atoms with Crippen LogP contribution in [0.3, 0.4) is 0 Å². The van der Waals surface area contributed by atoms with Gasteiger partial charge in [-0.1, -0.05) is 18.7 Å². The molecule has 5 nitrogen and oxygen atoms in total. The Hall–Kier alpha value is -1.21. The first kappa shape index (κ1) is 21.1. The second-order valence-electron chi connectivity index (χ2n) is 7.62. The normalized spacial score (nSPS) is 29.9. The van der Waals surface area contributed by atoms with Gasteiger partial charge in [0.05, 0.1) is 24.1 Å². The summed E-state index contributed by atoms with van der Waals surface area (Å²) in [6.45, 7) is 11.2. The van der Waals surface area contributed by atoms with Gasteiger partial charge < -0.3 is 20.5 Å². The predicted octanol–water partition coefficient (Wildman–Crippen LogP) is 2.59. The second kappa shape index (κ2) is 9.65. The van der Waals surface area contributed by atoms with E-state index in [4.69, 9.17) is 10.5 Å². The number of rotatable bonds is 7. The van der Waals surface area contributed by atoms with E-state index < -0.39 is 6.23 Å². The summed E-state index contributed by atoms with van der Waals surface area (Å²) in [6.07, 6.45) is 5.87. The smallest absolute Gasteiger partial charge is 0.127 e. The number of aliphatic hydroxyl groups is 1. The van der Waals surface area contributed by atoms with Crippen molar-refractivity contribution < 1.29 is 14.2 Å². The molecular weight excluding hydrogens is 333 g/mol. The maximum atomic E-state index is 13.3. The minimum Gasteiger partial charge on any atom is -0.375 e. The van der Waals surface area contributed by atoms with Crippen LogP contribution in [0.2, 0.25) is 0 Å². The molecule has 4 N–H and O–H groups in total. The first-order valence-electron chi connectivity index (χ1n) is 9.56. The number of aliphatic hydroxyl groups excluding tert-OH is 1. The molecule has 26 heavy (non-hydrogen) atoms. The monoisotopic (exact) mass is 367 g/mol. The van der Waals surface area contributed by atoms with Crippen LogP contribution >= 0.6 is 0 Å². The van der Waals surface area contributed by atoms with Gasteiger partial charge in [-0.2, -0.15) is 0 Å². The molecule has 5 unspecified atom stereocenters. The highest BCUT2D eigenvalue weighted by atomic mass is 19.1. The Kier molecular flexibility index (Phi) is 7.83. The second-order valence-corrected chi connectivity index (χ2v) is 7.62. The third-order valence-electron chi connectivity index (χ3n) is 5.06. The van der Waals surface area contributed by atoms with Crippen molar-refractivity contribution in [1.82, 2.24) is 10.2 Å². The van der Waals surface area contributed by atoms with E-state index in [0.717, 1.165) is 43.6 Å². The van der Waals surface area contributed by atoms with Crippen LogP contribution in [0.1, 0.15) is 46.5 Å². The summed E-state index contributed by atoms with van der Waals surface area (Å²) in [6, 6.07) is -0.0742. The molecule has 0 bridgehead atoms. The molecule has 5 atom stereocenters. The molecular formula is C20H34FN3O2. The van der Waals surface area contributed by atoms with E-state index >= 15 is 0 Å². The minimum atomic E-state index is -0.770. The van der Waals surface area contributed by atoms with E-state index in [-0.39, 0.29) is 30.1 Å². The number of nitrogens with zero attached hydrogens (tertiary/aromatic N) is 1. The van der Waals surface area contributed by atoms with Crippen LogP contribution in [0.25, 0.3) is 0 Å². The Morgan fingerprint density at radius 3 is 2.69 bits per heavy atom. The van der Waals surface area contributed by atoms with Gasteiger partial charge >= 0.3 is 0 Å². The fourth-order valence-electron chi connectivity index (χ4n) is 3.63. The number of halogens is 1. The number of morpholine rings is 1. The Balaban J connectivity index is 2.07. The van der Waals surface area contributed by atoms with E-state index in [0.29, 0.717) is 6.42 Å². The van der Waals surface area contributed by atoms with Crippen LogP contribution in [0.15, 0.2) is 35.8 Å². The quantitative estimate of drug-likeness (QED) is 0.477. The van der Waals surface area contributed by atoms with Gasteiger partial charge in [-0.05, 0) is 52.0 Å². The van der Waals surface area contributed by atoms with Gasteiger partial charge in [0.25, 0.3) is 0 Å². The molecule has 0 aromatic carbocycles. The zero-order valence-corrected chi connectivity index (χ0v) is 16.2. The van der Waals surface area contributed by atoms with Crippen molar-refractivity contribution in [3.8, 4) is 0 Å². The summed E-state index contributed by atoms with van der Waals surface area (Å²) in [5.41, 5.74) is 7.73. The maximum absolute atomic E-state index is 13.3. The van der Waals surface area contributed by atoms with Crippen molar-refractivity contribution >= 4 is 0 Å². The minimum absolute atomic E-state index is 0.113. The number of allylic oxidation sites excluding steroid dienone is 1. The first-order chi connectivity index (χ1) is 12.3. The highest BCUT2D eigenvalue weighted by Gasteiger charge is 2.28. The first-order valence-corrected chi connectivity index (χ1v) is 9.56. The highest BCUT2D eigenvalue weighted by Crippen LogP contribution is 2.23. The summed E-state index contributed by atoms with van der Waals surface area (Å²) < 4.78 is 19.1. The molecule has 2 aliphatic rings. The molecule has 2 rings (SSSR count). The van der Waals surface area contributed by atoms with Crippen LogP contribution in [0.4, 0.5) is 4.39 Å². The SMILES string of the molecule is C=C(C(C/C=C(\C)F)NC(O)C1=CCC(N)CC1)N1CC(C)OC(C)C1. The summed E-state index contributed by atoms with van der Waals surface area (Å²) in [5, 5.41) is 13.9. The fraction of sp³-hybridized carbons (Fsp3) is 0.700. The highest BCUT2D eigenvalue weighted by molar-refractivity contribution is 5.16. The fourth-order valence-corrected chi connectivity index (χ4v) is 3.63. The van der Waals surface area contributed by atoms with Gasteiger partial charge in [0, 0.05) is 24.8 Å². The standard InChI is InChI=1S/C20H34FN3O2/c1-13(21)5-10-19(16(4)24-11-14(2)26-15(3)12-24)23-20(25)17-6-8-18(22)9-7-17/h5-6,14-15,18-20,23,25H,4,7-12,22H2,1-3H3/b13-5+. The zero-order chi connectivity index (χ0) is 19.3. The zero-order valence-electron chi connectivity index (χ0n) is 16.2. The van der Waals surface area contributed by atoms with Crippen LogP contribution in [0, 0.1) is 0 Å². The molecule has 1 aliphatic carbocycles. The molecule has 1 fully saturated rings. The van der Waals surface area contributed by atoms with Crippen LogP contribution in [-0.4, -0.2) is 53.6 Å². The van der Waals surface area contributed by atoms with Gasteiger partial charge in [0.1, 0.15) is 6.23 Å². The van der Waals surface area contributed by atoms with Crippen molar-refractivity contribution in [2.24, 2.45) is 5.73 Å².